The predicted octanol–water partition coefficient (Wildman–Crippen LogP) is 3.02. The molecule has 0 bridgehead atoms. The smallest absolute Gasteiger partial charge is 0.254 e. The quantitative estimate of drug-likeness (QED) is 0.800. The number of carbonyl (C=O) groups is 1. The summed E-state index contributed by atoms with van der Waals surface area (Å²) in [4.78, 5) is 19.5. The van der Waals surface area contributed by atoms with Crippen molar-refractivity contribution in [3.63, 3.8) is 0 Å². The molecule has 0 saturated carbocycles. The molecule has 25 heavy (non-hydrogen) atoms. The summed E-state index contributed by atoms with van der Waals surface area (Å²) in [6, 6.07) is 5.94. The molecule has 1 amide bonds. The predicted molar refractivity (Wildman–Crippen MR) is 86.4 cm³/mol. The van der Waals surface area contributed by atoms with Crippen LogP contribution in [0.25, 0.3) is 0 Å². The molecule has 1 saturated heterocycles. The number of benzene rings is 1. The first-order valence-corrected chi connectivity index (χ1v) is 8.05. The first-order valence-electron chi connectivity index (χ1n) is 8.05. The molecule has 2 aromatic rings. The van der Waals surface area contributed by atoms with Gasteiger partial charge in [0.2, 0.25) is 5.95 Å². The van der Waals surface area contributed by atoms with E-state index in [0.29, 0.717) is 31.7 Å². The summed E-state index contributed by atoms with van der Waals surface area (Å²) in [7, 11) is 0. The van der Waals surface area contributed by atoms with Gasteiger partial charge >= 0.3 is 0 Å². The zero-order valence-electron chi connectivity index (χ0n) is 13.8. The summed E-state index contributed by atoms with van der Waals surface area (Å²) in [5.41, 5.74) is 0.691. The van der Waals surface area contributed by atoms with Crippen LogP contribution in [-0.2, 0) is 0 Å². The third-order valence-corrected chi connectivity index (χ3v) is 4.54. The van der Waals surface area contributed by atoms with Crippen molar-refractivity contribution in [3.05, 3.63) is 65.2 Å². The highest BCUT2D eigenvalue weighted by Gasteiger charge is 2.26. The van der Waals surface area contributed by atoms with Crippen LogP contribution in [0, 0.1) is 17.6 Å². The normalized spacial score (nSPS) is 16.7. The van der Waals surface area contributed by atoms with Crippen LogP contribution in [0.3, 0.4) is 0 Å². The number of piperazine rings is 1. The highest BCUT2D eigenvalue weighted by atomic mass is 19.1. The molecule has 1 atom stereocenters. The second-order valence-corrected chi connectivity index (χ2v) is 6.04. The molecular formula is C18H18F3N3O. The number of pyridine rings is 1. The molecule has 0 radical (unpaired) electrons. The van der Waals surface area contributed by atoms with E-state index in [1.807, 2.05) is 11.8 Å². The van der Waals surface area contributed by atoms with Crippen LogP contribution in [0.1, 0.15) is 28.9 Å². The first kappa shape index (κ1) is 17.4. The van der Waals surface area contributed by atoms with Crippen molar-refractivity contribution >= 4 is 5.91 Å². The van der Waals surface area contributed by atoms with E-state index in [2.05, 4.69) is 4.98 Å². The van der Waals surface area contributed by atoms with Crippen molar-refractivity contribution < 1.29 is 18.0 Å². The number of hydrogen-bond acceptors (Lipinski definition) is 3. The van der Waals surface area contributed by atoms with E-state index >= 15 is 0 Å². The van der Waals surface area contributed by atoms with Crippen molar-refractivity contribution in [2.75, 3.05) is 26.2 Å². The van der Waals surface area contributed by atoms with E-state index in [0.717, 1.165) is 12.1 Å². The van der Waals surface area contributed by atoms with Crippen LogP contribution in [-0.4, -0.2) is 46.9 Å². The number of halogens is 3. The molecule has 7 heteroatoms. The molecule has 0 N–H and O–H groups in total. The van der Waals surface area contributed by atoms with Crippen LogP contribution < -0.4 is 0 Å². The molecule has 0 spiro atoms. The van der Waals surface area contributed by atoms with Crippen LogP contribution in [0.5, 0.6) is 0 Å². The van der Waals surface area contributed by atoms with Gasteiger partial charge in [-0.25, -0.2) is 13.8 Å². The van der Waals surface area contributed by atoms with Gasteiger partial charge < -0.3 is 4.90 Å². The van der Waals surface area contributed by atoms with Gasteiger partial charge in [0.05, 0.1) is 0 Å². The fourth-order valence-electron chi connectivity index (χ4n) is 3.07. The topological polar surface area (TPSA) is 36.4 Å². The van der Waals surface area contributed by atoms with Gasteiger partial charge in [0.25, 0.3) is 5.91 Å². The minimum absolute atomic E-state index is 0.226. The van der Waals surface area contributed by atoms with Crippen LogP contribution in [0.4, 0.5) is 13.2 Å². The van der Waals surface area contributed by atoms with Crippen LogP contribution >= 0.6 is 0 Å². The van der Waals surface area contributed by atoms with E-state index in [4.69, 9.17) is 0 Å². The number of nitrogens with zero attached hydrogens (tertiary/aromatic N) is 3. The van der Waals surface area contributed by atoms with E-state index in [-0.39, 0.29) is 17.5 Å². The van der Waals surface area contributed by atoms with E-state index in [9.17, 15) is 18.0 Å². The Morgan fingerprint density at radius 2 is 1.80 bits per heavy atom. The van der Waals surface area contributed by atoms with Gasteiger partial charge in [0, 0.05) is 61.7 Å². The average Bonchev–Trinajstić information content (AvgIpc) is 2.61. The number of amides is 1. The summed E-state index contributed by atoms with van der Waals surface area (Å²) < 4.78 is 40.2. The Balaban J connectivity index is 1.64. The van der Waals surface area contributed by atoms with Crippen molar-refractivity contribution in [1.82, 2.24) is 14.8 Å². The van der Waals surface area contributed by atoms with Crippen LogP contribution in [0.2, 0.25) is 0 Å². The van der Waals surface area contributed by atoms with Crippen molar-refractivity contribution in [1.29, 1.82) is 0 Å². The Hall–Kier alpha value is -2.41. The molecule has 1 aliphatic rings. The molecule has 0 aliphatic carbocycles. The molecule has 1 aromatic carbocycles. The average molecular weight is 349 g/mol. The highest BCUT2D eigenvalue weighted by molar-refractivity contribution is 5.94. The number of carbonyl (C=O) groups excluding carboxylic acids is 1. The standard InChI is InChI=1S/C18H18F3N3O/c1-12(15-3-2-14(19)11-16(15)20)23-6-8-24(9-7-23)18(25)13-4-5-22-17(21)10-13/h2-5,10-12H,6-9H2,1H3/t12-/m1/s1. The third-order valence-electron chi connectivity index (χ3n) is 4.54. The SMILES string of the molecule is C[C@H](c1ccc(F)cc1F)N1CCN(C(=O)c2ccnc(F)c2)CC1. The van der Waals surface area contributed by atoms with Crippen molar-refractivity contribution in [2.45, 2.75) is 13.0 Å². The van der Waals surface area contributed by atoms with Crippen molar-refractivity contribution in [2.24, 2.45) is 0 Å². The number of aromatic nitrogens is 1. The lowest BCUT2D eigenvalue weighted by molar-refractivity contribution is 0.0578. The minimum Gasteiger partial charge on any atom is -0.336 e. The summed E-state index contributed by atoms with van der Waals surface area (Å²) in [5, 5.41) is 0. The van der Waals surface area contributed by atoms with Gasteiger partial charge in [0.15, 0.2) is 0 Å². The van der Waals surface area contributed by atoms with E-state index in [1.54, 1.807) is 4.90 Å². The second kappa shape index (κ2) is 7.23. The molecule has 2 heterocycles. The summed E-state index contributed by atoms with van der Waals surface area (Å²) in [6.45, 7) is 3.87. The lowest BCUT2D eigenvalue weighted by Gasteiger charge is -2.38. The Labute approximate surface area is 143 Å². The molecule has 132 valence electrons. The lowest BCUT2D eigenvalue weighted by atomic mass is 10.0. The fourth-order valence-corrected chi connectivity index (χ4v) is 3.07. The van der Waals surface area contributed by atoms with Gasteiger partial charge in [-0.3, -0.25) is 9.69 Å². The molecule has 1 aromatic heterocycles. The van der Waals surface area contributed by atoms with Gasteiger partial charge in [-0.15, -0.1) is 0 Å². The molecule has 1 aliphatic heterocycles. The number of hydrogen-bond donors (Lipinski definition) is 0. The summed E-state index contributed by atoms with van der Waals surface area (Å²) in [5.74, 6) is -2.11. The zero-order chi connectivity index (χ0) is 18.0. The lowest BCUT2D eigenvalue weighted by Crippen LogP contribution is -2.49. The van der Waals surface area contributed by atoms with E-state index in [1.165, 1.54) is 24.4 Å². The molecule has 1 fully saturated rings. The summed E-state index contributed by atoms with van der Waals surface area (Å²) in [6.07, 6.45) is 1.26. The van der Waals surface area contributed by atoms with Gasteiger partial charge in [-0.05, 0) is 19.1 Å². The third kappa shape index (κ3) is 3.82. The first-order chi connectivity index (χ1) is 12.0. The van der Waals surface area contributed by atoms with E-state index < -0.39 is 17.6 Å². The monoisotopic (exact) mass is 349 g/mol. The second-order valence-electron chi connectivity index (χ2n) is 6.04. The van der Waals surface area contributed by atoms with Gasteiger partial charge in [-0.2, -0.15) is 4.39 Å². The zero-order valence-corrected chi connectivity index (χ0v) is 13.8. The maximum atomic E-state index is 13.9. The molecule has 0 unspecified atom stereocenters. The maximum Gasteiger partial charge on any atom is 0.254 e. The largest absolute Gasteiger partial charge is 0.336 e. The van der Waals surface area contributed by atoms with Gasteiger partial charge in [-0.1, -0.05) is 6.07 Å². The summed E-state index contributed by atoms with van der Waals surface area (Å²) >= 11 is 0. The Morgan fingerprint density at radius 1 is 1.08 bits per heavy atom. The van der Waals surface area contributed by atoms with Crippen LogP contribution in [0.15, 0.2) is 36.5 Å². The maximum absolute atomic E-state index is 13.9. The Bertz CT molecular complexity index is 776. The molecular weight excluding hydrogens is 331 g/mol. The Kier molecular flexibility index (Phi) is 5.03. The van der Waals surface area contributed by atoms with Gasteiger partial charge in [0.1, 0.15) is 11.6 Å². The minimum atomic E-state index is -0.690. The highest BCUT2D eigenvalue weighted by Crippen LogP contribution is 2.25. The fraction of sp³-hybridized carbons (Fsp3) is 0.333. The number of rotatable bonds is 3. The van der Waals surface area contributed by atoms with Crippen molar-refractivity contribution in [3.8, 4) is 0 Å². The molecule has 3 rings (SSSR count). The Morgan fingerprint density at radius 3 is 2.44 bits per heavy atom. The molecule has 4 nitrogen and oxygen atoms in total.